The van der Waals surface area contributed by atoms with Crippen molar-refractivity contribution in [2.75, 3.05) is 10.2 Å². The molecule has 3 amide bonds. The van der Waals surface area contributed by atoms with Crippen molar-refractivity contribution >= 4 is 35.0 Å². The van der Waals surface area contributed by atoms with Gasteiger partial charge in [-0.2, -0.15) is 0 Å². The Bertz CT molecular complexity index is 690. The van der Waals surface area contributed by atoms with Crippen LogP contribution in [0.3, 0.4) is 0 Å². The Morgan fingerprint density at radius 3 is 2.95 bits per heavy atom. The highest BCUT2D eigenvalue weighted by Crippen LogP contribution is 2.31. The average molecular weight is 289 g/mol. The summed E-state index contributed by atoms with van der Waals surface area (Å²) in [5, 5.41) is 3.06. The van der Waals surface area contributed by atoms with Crippen molar-refractivity contribution in [1.82, 2.24) is 9.97 Å². The highest BCUT2D eigenvalue weighted by Gasteiger charge is 2.32. The highest BCUT2D eigenvalue weighted by atomic mass is 35.5. The number of halogens is 1. The lowest BCUT2D eigenvalue weighted by atomic mass is 10.2. The van der Waals surface area contributed by atoms with Crippen LogP contribution in [-0.2, 0) is 11.2 Å². The molecule has 3 rings (SSSR count). The number of carbonyl (C=O) groups is 2. The van der Waals surface area contributed by atoms with E-state index in [9.17, 15) is 9.59 Å². The van der Waals surface area contributed by atoms with Gasteiger partial charge in [0.05, 0.1) is 18.3 Å². The number of carbonyl (C=O) groups excluding carboxylic acids is 2. The Labute approximate surface area is 119 Å². The van der Waals surface area contributed by atoms with Crippen molar-refractivity contribution < 1.29 is 9.59 Å². The monoisotopic (exact) mass is 288 g/mol. The van der Waals surface area contributed by atoms with Crippen molar-refractivity contribution in [3.63, 3.8) is 0 Å². The molecule has 0 fully saturated rings. The van der Waals surface area contributed by atoms with E-state index in [0.29, 0.717) is 10.7 Å². The lowest BCUT2D eigenvalue weighted by Crippen LogP contribution is -2.37. The van der Waals surface area contributed by atoms with Gasteiger partial charge >= 0.3 is 6.03 Å². The highest BCUT2D eigenvalue weighted by molar-refractivity contribution is 6.31. The third kappa shape index (κ3) is 2.21. The summed E-state index contributed by atoms with van der Waals surface area (Å²) in [7, 11) is 0. The zero-order valence-corrected chi connectivity index (χ0v) is 11.0. The first-order valence-electron chi connectivity index (χ1n) is 5.83. The Hall–Kier alpha value is -2.47. The van der Waals surface area contributed by atoms with E-state index in [4.69, 9.17) is 11.6 Å². The van der Waals surface area contributed by atoms with Gasteiger partial charge in [0.2, 0.25) is 5.91 Å². The molecule has 0 radical (unpaired) electrons. The Morgan fingerprint density at radius 1 is 1.35 bits per heavy atom. The predicted molar refractivity (Wildman–Crippen MR) is 73.7 cm³/mol. The van der Waals surface area contributed by atoms with Crippen molar-refractivity contribution in [1.29, 1.82) is 0 Å². The number of imide groups is 1. The predicted octanol–water partition coefficient (Wildman–Crippen LogP) is 2.25. The van der Waals surface area contributed by atoms with Gasteiger partial charge < -0.3 is 0 Å². The van der Waals surface area contributed by atoms with Crippen LogP contribution in [0, 0.1) is 0 Å². The molecule has 1 aliphatic rings. The molecule has 2 aromatic rings. The number of amides is 3. The van der Waals surface area contributed by atoms with E-state index >= 15 is 0 Å². The minimum atomic E-state index is -0.559. The van der Waals surface area contributed by atoms with Crippen LogP contribution in [-0.4, -0.2) is 21.9 Å². The zero-order valence-electron chi connectivity index (χ0n) is 10.2. The smallest absolute Gasteiger partial charge is 0.290 e. The summed E-state index contributed by atoms with van der Waals surface area (Å²) < 4.78 is 0. The maximum atomic E-state index is 12.2. The number of hydrogen-bond acceptors (Lipinski definition) is 4. The van der Waals surface area contributed by atoms with Gasteiger partial charge in [0.25, 0.3) is 0 Å². The molecule has 0 atom stereocenters. The fourth-order valence-corrected chi connectivity index (χ4v) is 2.24. The summed E-state index contributed by atoms with van der Waals surface area (Å²) in [4.78, 5) is 33.0. The summed E-state index contributed by atoms with van der Waals surface area (Å²) in [5.41, 5.74) is 1.28. The van der Waals surface area contributed by atoms with Gasteiger partial charge in [-0.1, -0.05) is 11.6 Å². The molecule has 0 unspecified atom stereocenters. The third-order valence-corrected chi connectivity index (χ3v) is 3.11. The second-order valence-corrected chi connectivity index (χ2v) is 4.64. The molecule has 6 nitrogen and oxygen atoms in total. The molecule has 100 valence electrons. The fraction of sp³-hybridized carbons (Fsp3) is 0.0769. The second-order valence-electron chi connectivity index (χ2n) is 4.20. The molecule has 1 N–H and O–H groups in total. The SMILES string of the molecule is O=C1Cc2cc(Cl)ccc2N1C(=O)Nc1cnccn1. The van der Waals surface area contributed by atoms with Crippen LogP contribution >= 0.6 is 11.6 Å². The van der Waals surface area contributed by atoms with Crippen molar-refractivity contribution in [3.8, 4) is 0 Å². The zero-order chi connectivity index (χ0) is 14.1. The van der Waals surface area contributed by atoms with E-state index in [-0.39, 0.29) is 18.1 Å². The number of benzene rings is 1. The topological polar surface area (TPSA) is 75.2 Å². The van der Waals surface area contributed by atoms with E-state index in [1.807, 2.05) is 0 Å². The minimum absolute atomic E-state index is 0.157. The van der Waals surface area contributed by atoms with Gasteiger partial charge in [-0.05, 0) is 23.8 Å². The number of rotatable bonds is 1. The second kappa shape index (κ2) is 4.90. The molecule has 1 aromatic carbocycles. The Balaban J connectivity index is 1.88. The summed E-state index contributed by atoms with van der Waals surface area (Å²) in [6.07, 6.45) is 4.51. The minimum Gasteiger partial charge on any atom is -0.290 e. The average Bonchev–Trinajstić information content (AvgIpc) is 2.74. The van der Waals surface area contributed by atoms with E-state index in [0.717, 1.165) is 10.5 Å². The van der Waals surface area contributed by atoms with Gasteiger partial charge in [0.15, 0.2) is 5.82 Å². The number of nitrogens with one attached hydrogen (secondary N) is 1. The number of urea groups is 1. The van der Waals surface area contributed by atoms with Crippen molar-refractivity contribution in [3.05, 3.63) is 47.4 Å². The standard InChI is InChI=1S/C13H9ClN4O2/c14-9-1-2-10-8(5-9)6-12(19)18(10)13(20)17-11-7-15-3-4-16-11/h1-5,7H,6H2,(H,16,17,20). The van der Waals surface area contributed by atoms with Gasteiger partial charge in [0.1, 0.15) is 0 Å². The summed E-state index contributed by atoms with van der Waals surface area (Å²) in [6, 6.07) is 4.42. The van der Waals surface area contributed by atoms with E-state index in [1.165, 1.54) is 18.6 Å². The van der Waals surface area contributed by atoms with E-state index in [1.54, 1.807) is 18.2 Å². The molecule has 0 aliphatic carbocycles. The van der Waals surface area contributed by atoms with Crippen molar-refractivity contribution in [2.45, 2.75) is 6.42 Å². The molecular formula is C13H9ClN4O2. The van der Waals surface area contributed by atoms with E-state index < -0.39 is 6.03 Å². The lowest BCUT2D eigenvalue weighted by molar-refractivity contribution is -0.116. The molecule has 2 heterocycles. The van der Waals surface area contributed by atoms with Crippen LogP contribution in [0.15, 0.2) is 36.8 Å². The molecule has 1 aromatic heterocycles. The van der Waals surface area contributed by atoms with Crippen LogP contribution in [0.25, 0.3) is 0 Å². The number of hydrogen-bond donors (Lipinski definition) is 1. The number of aromatic nitrogens is 2. The summed E-state index contributed by atoms with van der Waals surface area (Å²) in [5.74, 6) is -0.0172. The van der Waals surface area contributed by atoms with E-state index in [2.05, 4.69) is 15.3 Å². The van der Waals surface area contributed by atoms with Gasteiger partial charge in [-0.15, -0.1) is 0 Å². The molecule has 0 bridgehead atoms. The van der Waals surface area contributed by atoms with Gasteiger partial charge in [-0.3, -0.25) is 15.1 Å². The summed E-state index contributed by atoms with van der Waals surface area (Å²) >= 11 is 5.88. The van der Waals surface area contributed by atoms with Crippen LogP contribution < -0.4 is 10.2 Å². The number of anilines is 2. The molecule has 7 heteroatoms. The van der Waals surface area contributed by atoms with Gasteiger partial charge in [-0.25, -0.2) is 14.7 Å². The Kier molecular flexibility index (Phi) is 3.08. The first-order valence-corrected chi connectivity index (χ1v) is 6.21. The molecule has 20 heavy (non-hydrogen) atoms. The van der Waals surface area contributed by atoms with Crippen molar-refractivity contribution in [2.24, 2.45) is 0 Å². The number of fused-ring (bicyclic) bond motifs is 1. The lowest BCUT2D eigenvalue weighted by Gasteiger charge is -2.15. The number of nitrogens with zero attached hydrogens (tertiary/aromatic N) is 3. The molecule has 0 saturated heterocycles. The Morgan fingerprint density at radius 2 is 2.20 bits per heavy atom. The first kappa shape index (κ1) is 12.6. The molecule has 1 aliphatic heterocycles. The molecular weight excluding hydrogens is 280 g/mol. The van der Waals surface area contributed by atoms with Crippen LogP contribution in [0.5, 0.6) is 0 Å². The molecule has 0 spiro atoms. The maximum Gasteiger partial charge on any atom is 0.334 e. The molecule has 0 saturated carbocycles. The fourth-order valence-electron chi connectivity index (χ4n) is 2.04. The maximum absolute atomic E-state index is 12.2. The van der Waals surface area contributed by atoms with Crippen LogP contribution in [0.4, 0.5) is 16.3 Å². The van der Waals surface area contributed by atoms with Crippen LogP contribution in [0.2, 0.25) is 5.02 Å². The first-order chi connectivity index (χ1) is 9.65. The van der Waals surface area contributed by atoms with Gasteiger partial charge in [0, 0.05) is 17.4 Å². The summed E-state index contributed by atoms with van der Waals surface area (Å²) in [6.45, 7) is 0. The quantitative estimate of drug-likeness (QED) is 0.873. The normalized spacial score (nSPS) is 13.2. The third-order valence-electron chi connectivity index (χ3n) is 2.87. The van der Waals surface area contributed by atoms with Crippen LogP contribution in [0.1, 0.15) is 5.56 Å². The largest absolute Gasteiger partial charge is 0.334 e.